The third-order valence-electron chi connectivity index (χ3n) is 5.62. The van der Waals surface area contributed by atoms with Gasteiger partial charge < -0.3 is 26.2 Å². The second kappa shape index (κ2) is 9.25. The Hall–Kier alpha value is -3.62. The second-order valence-corrected chi connectivity index (χ2v) is 7.76. The van der Waals surface area contributed by atoms with Crippen molar-refractivity contribution in [3.63, 3.8) is 0 Å². The summed E-state index contributed by atoms with van der Waals surface area (Å²) in [7, 11) is 0. The van der Waals surface area contributed by atoms with Crippen molar-refractivity contribution in [1.82, 2.24) is 14.7 Å². The van der Waals surface area contributed by atoms with Gasteiger partial charge in [0.1, 0.15) is 29.2 Å². The maximum atomic E-state index is 12.1. The van der Waals surface area contributed by atoms with E-state index in [0.29, 0.717) is 35.9 Å². The third-order valence-corrected chi connectivity index (χ3v) is 5.62. The summed E-state index contributed by atoms with van der Waals surface area (Å²) >= 11 is 0. The summed E-state index contributed by atoms with van der Waals surface area (Å²) in [5, 5.41) is 14.9. The topological polar surface area (TPSA) is 120 Å². The van der Waals surface area contributed by atoms with E-state index in [1.54, 1.807) is 9.58 Å². The van der Waals surface area contributed by atoms with Gasteiger partial charge in [-0.2, -0.15) is 5.10 Å². The number of rotatable bonds is 6. The van der Waals surface area contributed by atoms with E-state index in [0.717, 1.165) is 24.2 Å². The van der Waals surface area contributed by atoms with Gasteiger partial charge in [0.25, 0.3) is 0 Å². The maximum absolute atomic E-state index is 12.1. The summed E-state index contributed by atoms with van der Waals surface area (Å²) in [6, 6.07) is 16.7. The van der Waals surface area contributed by atoms with Crippen molar-refractivity contribution in [3.05, 3.63) is 72.8 Å². The number of aromatic nitrogens is 2. The first-order chi connectivity index (χ1) is 15.5. The average molecular weight is 434 g/mol. The molecule has 1 aliphatic heterocycles. The number of carbonyl (C=O) groups is 1. The number of hydrogen-bond acceptors (Lipinski definition) is 6. The molecule has 3 aromatic rings. The zero-order chi connectivity index (χ0) is 22.7. The van der Waals surface area contributed by atoms with Crippen molar-refractivity contribution >= 4 is 11.7 Å². The molecule has 8 nitrogen and oxygen atoms in total. The van der Waals surface area contributed by atoms with Crippen LogP contribution in [-0.2, 0) is 4.79 Å². The molecule has 2 atom stereocenters. The lowest BCUT2D eigenvalue weighted by Gasteiger charge is -2.32. The molecule has 0 spiro atoms. The molecule has 1 fully saturated rings. The second-order valence-electron chi connectivity index (χ2n) is 7.76. The van der Waals surface area contributed by atoms with Crippen LogP contribution in [0.15, 0.2) is 67.3 Å². The van der Waals surface area contributed by atoms with Crippen LogP contribution in [0.5, 0.6) is 11.5 Å². The fourth-order valence-electron chi connectivity index (χ4n) is 4.03. The van der Waals surface area contributed by atoms with Crippen molar-refractivity contribution in [3.8, 4) is 22.8 Å². The zero-order valence-electron chi connectivity index (χ0n) is 17.7. The highest BCUT2D eigenvalue weighted by molar-refractivity contribution is 5.87. The van der Waals surface area contributed by atoms with Crippen LogP contribution < -0.4 is 16.2 Å². The minimum atomic E-state index is -1.28. The predicted octanol–water partition coefficient (Wildman–Crippen LogP) is 3.22. The van der Waals surface area contributed by atoms with Gasteiger partial charge in [0, 0.05) is 18.7 Å². The molecule has 0 radical (unpaired) electrons. The Morgan fingerprint density at radius 3 is 2.53 bits per heavy atom. The van der Waals surface area contributed by atoms with Crippen molar-refractivity contribution in [2.45, 2.75) is 25.1 Å². The fourth-order valence-corrected chi connectivity index (χ4v) is 4.03. The Morgan fingerprint density at radius 2 is 1.88 bits per heavy atom. The molecule has 166 valence electrons. The molecule has 1 aliphatic rings. The molecule has 4 rings (SSSR count). The number of nitrogens with zero attached hydrogens (tertiary/aromatic N) is 3. The number of piperidine rings is 1. The normalized spacial score (nSPS) is 17.1. The highest BCUT2D eigenvalue weighted by atomic mass is 16.5. The summed E-state index contributed by atoms with van der Waals surface area (Å²) in [6.07, 6.45) is 1.67. The summed E-state index contributed by atoms with van der Waals surface area (Å²) in [6.45, 7) is 4.71. The van der Waals surface area contributed by atoms with Gasteiger partial charge in [0.15, 0.2) is 0 Å². The number of hydrogen-bond donors (Lipinski definition) is 3. The first-order valence-corrected chi connectivity index (χ1v) is 10.5. The summed E-state index contributed by atoms with van der Waals surface area (Å²) in [4.78, 5) is 13.8. The fraction of sp³-hybridized carbons (Fsp3) is 0.250. The minimum absolute atomic E-state index is 0.111. The van der Waals surface area contributed by atoms with Crippen LogP contribution in [0.2, 0.25) is 0 Å². The van der Waals surface area contributed by atoms with E-state index >= 15 is 0 Å². The van der Waals surface area contributed by atoms with Gasteiger partial charge in [-0.3, -0.25) is 4.79 Å². The zero-order valence-corrected chi connectivity index (χ0v) is 17.7. The molecule has 2 aromatic carbocycles. The molecular formula is C24H27N5O3. The largest absolute Gasteiger partial charge is 0.457 e. The maximum Gasteiger partial charge on any atom is 0.246 e. The number of amides is 1. The van der Waals surface area contributed by atoms with Gasteiger partial charge in [-0.1, -0.05) is 24.8 Å². The van der Waals surface area contributed by atoms with Crippen molar-refractivity contribution in [1.29, 1.82) is 0 Å². The number of carbonyl (C=O) groups excluding carboxylic acids is 1. The monoisotopic (exact) mass is 433 g/mol. The van der Waals surface area contributed by atoms with Crippen LogP contribution >= 0.6 is 0 Å². The Bertz CT molecular complexity index is 1090. The van der Waals surface area contributed by atoms with Crippen molar-refractivity contribution in [2.75, 3.05) is 18.8 Å². The van der Waals surface area contributed by atoms with Gasteiger partial charge in [0.05, 0.1) is 11.6 Å². The van der Waals surface area contributed by atoms with E-state index in [9.17, 15) is 9.90 Å². The molecular weight excluding hydrogens is 406 g/mol. The molecule has 2 unspecified atom stereocenters. The quantitative estimate of drug-likeness (QED) is 0.406. The summed E-state index contributed by atoms with van der Waals surface area (Å²) in [5.41, 5.74) is 13.9. The highest BCUT2D eigenvalue weighted by Crippen LogP contribution is 2.35. The lowest BCUT2D eigenvalue weighted by atomic mass is 10.0. The first-order valence-electron chi connectivity index (χ1n) is 10.5. The highest BCUT2D eigenvalue weighted by Gasteiger charge is 2.29. The van der Waals surface area contributed by atoms with Crippen LogP contribution in [0.25, 0.3) is 11.3 Å². The van der Waals surface area contributed by atoms with Crippen LogP contribution in [-0.4, -0.2) is 38.8 Å². The molecule has 0 bridgehead atoms. The van der Waals surface area contributed by atoms with Gasteiger partial charge in [0.2, 0.25) is 5.91 Å². The van der Waals surface area contributed by atoms with Crippen molar-refractivity contribution in [2.24, 2.45) is 5.73 Å². The first kappa shape index (κ1) is 21.6. The van der Waals surface area contributed by atoms with E-state index in [4.69, 9.17) is 21.3 Å². The van der Waals surface area contributed by atoms with Crippen LogP contribution in [0, 0.1) is 0 Å². The molecule has 2 heterocycles. The number of nitrogens with two attached hydrogens (primary N) is 2. The standard InChI is InChI=1S/C24H27N5O3/c1-2-20(30)28-14-6-7-17(15-28)29-23(25)21(24(26)31)22(27-29)16-10-12-19(13-11-16)32-18-8-4-3-5-9-18/h2-5,8-13,17,24,31H,1,6-7,14-15,25-26H2. The number of anilines is 1. The lowest BCUT2D eigenvalue weighted by Crippen LogP contribution is -2.40. The number of aliphatic hydroxyl groups excluding tert-OH is 1. The smallest absolute Gasteiger partial charge is 0.246 e. The van der Waals surface area contributed by atoms with Gasteiger partial charge in [-0.25, -0.2) is 4.68 Å². The third kappa shape index (κ3) is 4.37. The molecule has 1 aromatic heterocycles. The number of ether oxygens (including phenoxy) is 1. The lowest BCUT2D eigenvalue weighted by molar-refractivity contribution is -0.127. The number of aliphatic hydroxyl groups is 1. The molecule has 8 heteroatoms. The van der Waals surface area contributed by atoms with E-state index in [1.807, 2.05) is 54.6 Å². The average Bonchev–Trinajstić information content (AvgIpc) is 3.17. The SMILES string of the molecule is C=CC(=O)N1CCCC(n2nc(-c3ccc(Oc4ccccc4)cc3)c(C(N)O)c2N)C1. The van der Waals surface area contributed by atoms with E-state index < -0.39 is 6.23 Å². The number of likely N-dealkylation sites (tertiary alicyclic amines) is 1. The van der Waals surface area contributed by atoms with E-state index in [-0.39, 0.29) is 11.9 Å². The number of nitrogen functional groups attached to an aromatic ring is 1. The van der Waals surface area contributed by atoms with Crippen LogP contribution in [0.1, 0.15) is 30.7 Å². The molecule has 1 saturated heterocycles. The van der Waals surface area contributed by atoms with Crippen LogP contribution in [0.3, 0.4) is 0 Å². The van der Waals surface area contributed by atoms with Crippen molar-refractivity contribution < 1.29 is 14.6 Å². The Labute approximate surface area is 186 Å². The van der Waals surface area contributed by atoms with Crippen LogP contribution in [0.4, 0.5) is 5.82 Å². The van der Waals surface area contributed by atoms with Gasteiger partial charge in [-0.05, 0) is 55.3 Å². The van der Waals surface area contributed by atoms with Gasteiger partial charge in [-0.15, -0.1) is 0 Å². The molecule has 1 amide bonds. The van der Waals surface area contributed by atoms with E-state index in [1.165, 1.54) is 6.08 Å². The Balaban J connectivity index is 1.63. The number of benzene rings is 2. The van der Waals surface area contributed by atoms with E-state index in [2.05, 4.69) is 6.58 Å². The number of para-hydroxylation sites is 1. The minimum Gasteiger partial charge on any atom is -0.457 e. The Morgan fingerprint density at radius 1 is 1.19 bits per heavy atom. The molecule has 5 N–H and O–H groups in total. The summed E-state index contributed by atoms with van der Waals surface area (Å²) in [5.74, 6) is 1.60. The van der Waals surface area contributed by atoms with Gasteiger partial charge >= 0.3 is 0 Å². The summed E-state index contributed by atoms with van der Waals surface area (Å²) < 4.78 is 7.52. The Kier molecular flexibility index (Phi) is 6.25. The predicted molar refractivity (Wildman–Crippen MR) is 123 cm³/mol. The molecule has 0 saturated carbocycles. The molecule has 32 heavy (non-hydrogen) atoms. The molecule has 0 aliphatic carbocycles.